The largest absolute Gasteiger partial charge is 0.411 e. The molecule has 170 valence electrons. The number of aromatic amines is 1. The van der Waals surface area contributed by atoms with E-state index >= 15 is 0 Å². The van der Waals surface area contributed by atoms with Gasteiger partial charge < -0.3 is 18.2 Å². The summed E-state index contributed by atoms with van der Waals surface area (Å²) in [7, 11) is -2.93. The van der Waals surface area contributed by atoms with Gasteiger partial charge in [-0.3, -0.25) is 18.9 Å². The van der Waals surface area contributed by atoms with Gasteiger partial charge >= 0.3 is 13.3 Å². The quantitative estimate of drug-likeness (QED) is 0.490. The predicted octanol–water partition coefficient (Wildman–Crippen LogP) is 3.52. The van der Waals surface area contributed by atoms with Crippen molar-refractivity contribution in [3.05, 3.63) is 44.5 Å². The summed E-state index contributed by atoms with van der Waals surface area (Å²) in [5.74, 6) is 1.35. The van der Waals surface area contributed by atoms with Gasteiger partial charge in [-0.25, -0.2) is 4.79 Å². The van der Waals surface area contributed by atoms with E-state index in [9.17, 15) is 14.2 Å². The van der Waals surface area contributed by atoms with Crippen LogP contribution in [0.5, 0.6) is 0 Å². The van der Waals surface area contributed by atoms with Gasteiger partial charge in [-0.15, -0.1) is 0 Å². The van der Waals surface area contributed by atoms with Crippen LogP contribution in [-0.4, -0.2) is 44.3 Å². The Morgan fingerprint density at radius 2 is 1.87 bits per heavy atom. The highest BCUT2D eigenvalue weighted by atomic mass is 31.2. The zero-order valence-corrected chi connectivity index (χ0v) is 20.8. The molecule has 1 fully saturated rings. The molecule has 1 aromatic rings. The second kappa shape index (κ2) is 9.06. The summed E-state index contributed by atoms with van der Waals surface area (Å²) in [5, 5.41) is -0.0287. The first-order valence-corrected chi connectivity index (χ1v) is 14.3. The average Bonchev–Trinajstić information content (AvgIpc) is 3.03. The smallest absolute Gasteiger partial charge is 0.353 e. The fourth-order valence-corrected chi connectivity index (χ4v) is 4.98. The van der Waals surface area contributed by atoms with Crippen LogP contribution in [0.15, 0.2) is 27.7 Å². The van der Waals surface area contributed by atoms with E-state index in [2.05, 4.69) is 38.8 Å². The molecule has 1 N–H and O–H groups in total. The molecule has 0 amide bonds. The van der Waals surface area contributed by atoms with Crippen LogP contribution in [0.3, 0.4) is 0 Å². The number of aromatic nitrogens is 2. The van der Waals surface area contributed by atoms with Gasteiger partial charge in [0.1, 0.15) is 12.3 Å². The summed E-state index contributed by atoms with van der Waals surface area (Å²) in [5.41, 5.74) is -0.575. The number of hydrogen-bond acceptors (Lipinski definition) is 7. The molecule has 0 aromatic carbocycles. The summed E-state index contributed by atoms with van der Waals surface area (Å²) in [6.45, 7) is 12.3. The Morgan fingerprint density at radius 3 is 2.40 bits per heavy atom. The van der Waals surface area contributed by atoms with E-state index in [1.807, 2.05) is 0 Å². The van der Waals surface area contributed by atoms with E-state index in [1.165, 1.54) is 30.8 Å². The second-order valence-electron chi connectivity index (χ2n) is 8.93. The number of ether oxygens (including phenoxy) is 1. The van der Waals surface area contributed by atoms with Crippen molar-refractivity contribution in [2.75, 3.05) is 14.2 Å². The molecule has 0 spiro atoms. The highest BCUT2D eigenvalue weighted by Crippen LogP contribution is 2.49. The molecule has 1 aliphatic rings. The lowest BCUT2D eigenvalue weighted by Gasteiger charge is -2.39. The van der Waals surface area contributed by atoms with Crippen LogP contribution in [0.4, 0.5) is 0 Å². The first-order chi connectivity index (χ1) is 13.7. The third kappa shape index (κ3) is 5.49. The fraction of sp³-hybridized carbons (Fsp3) is 0.684. The highest BCUT2D eigenvalue weighted by Gasteiger charge is 2.44. The van der Waals surface area contributed by atoms with Crippen LogP contribution in [-0.2, 0) is 22.8 Å². The Balaban J connectivity index is 2.40. The van der Waals surface area contributed by atoms with Crippen LogP contribution in [0.1, 0.15) is 39.0 Å². The fourth-order valence-electron chi connectivity index (χ4n) is 2.86. The number of aryl methyl sites for hydroxylation is 1. The van der Waals surface area contributed by atoms with E-state index in [1.54, 1.807) is 13.0 Å². The molecule has 0 aliphatic carbocycles. The van der Waals surface area contributed by atoms with Crippen molar-refractivity contribution in [2.24, 2.45) is 0 Å². The van der Waals surface area contributed by atoms with Gasteiger partial charge in [-0.05, 0) is 31.1 Å². The van der Waals surface area contributed by atoms with Gasteiger partial charge in [-0.1, -0.05) is 20.8 Å². The van der Waals surface area contributed by atoms with E-state index in [4.69, 9.17) is 18.2 Å². The molecule has 1 saturated heterocycles. The van der Waals surface area contributed by atoms with Gasteiger partial charge in [0.2, 0.25) is 0 Å². The second-order valence-corrected chi connectivity index (χ2v) is 15.8. The van der Waals surface area contributed by atoms with Crippen LogP contribution in [0.2, 0.25) is 18.1 Å². The monoisotopic (exact) mass is 460 g/mol. The van der Waals surface area contributed by atoms with Crippen LogP contribution in [0, 0.1) is 6.92 Å². The van der Waals surface area contributed by atoms with Crippen molar-refractivity contribution in [3.8, 4) is 0 Å². The Hall–Kier alpha value is -1.29. The zero-order chi connectivity index (χ0) is 22.9. The molecular weight excluding hydrogens is 427 g/mol. The molecule has 0 saturated carbocycles. The Morgan fingerprint density at radius 1 is 1.27 bits per heavy atom. The number of nitrogens with one attached hydrogen (secondary N) is 1. The Kier molecular flexibility index (Phi) is 7.54. The number of hydrogen-bond donors (Lipinski definition) is 1. The van der Waals surface area contributed by atoms with Crippen LogP contribution >= 0.6 is 7.60 Å². The third-order valence-corrected chi connectivity index (χ3v) is 11.8. The molecule has 30 heavy (non-hydrogen) atoms. The number of rotatable bonds is 7. The summed E-state index contributed by atoms with van der Waals surface area (Å²) in [6.07, 6.45) is 1.92. The van der Waals surface area contributed by atoms with Crippen molar-refractivity contribution in [1.29, 1.82) is 0 Å². The zero-order valence-electron chi connectivity index (χ0n) is 18.9. The van der Waals surface area contributed by atoms with Gasteiger partial charge in [-0.2, -0.15) is 0 Å². The van der Waals surface area contributed by atoms with E-state index < -0.39 is 39.5 Å². The summed E-state index contributed by atoms with van der Waals surface area (Å²) < 4.78 is 36.4. The normalized spacial score (nSPS) is 23.4. The molecule has 11 heteroatoms. The Labute approximate surface area is 178 Å². The molecule has 2 rings (SSSR count). The molecule has 3 atom stereocenters. The molecular formula is C19H33N2O7PSi. The SMILES string of the molecule is COP(=O)(/C=C/[C@H]1O[C@@H](n2cc(C)c(=O)[nH]c2=O)CC1O[Si](C)(C)C(C)(C)C)OC. The summed E-state index contributed by atoms with van der Waals surface area (Å²) >= 11 is 0. The topological polar surface area (TPSA) is 109 Å². The maximum atomic E-state index is 12.4. The third-order valence-electron chi connectivity index (χ3n) is 5.79. The molecule has 1 unspecified atom stereocenters. The summed E-state index contributed by atoms with van der Waals surface area (Å²) in [4.78, 5) is 26.4. The average molecular weight is 461 g/mol. The van der Waals surface area contributed by atoms with Crippen molar-refractivity contribution >= 4 is 15.9 Å². The van der Waals surface area contributed by atoms with Crippen molar-refractivity contribution in [3.63, 3.8) is 0 Å². The number of nitrogens with zero attached hydrogens (tertiary/aromatic N) is 1. The van der Waals surface area contributed by atoms with E-state index in [0.29, 0.717) is 12.0 Å². The minimum Gasteiger partial charge on any atom is -0.411 e. The molecule has 0 radical (unpaired) electrons. The molecule has 1 aliphatic heterocycles. The first kappa shape index (κ1) is 25.0. The first-order valence-electron chi connectivity index (χ1n) is 9.79. The van der Waals surface area contributed by atoms with E-state index in [-0.39, 0.29) is 11.1 Å². The number of H-pyrrole nitrogens is 1. The minimum absolute atomic E-state index is 0.0287. The van der Waals surface area contributed by atoms with Crippen LogP contribution in [0.25, 0.3) is 0 Å². The van der Waals surface area contributed by atoms with Gasteiger partial charge in [0.15, 0.2) is 8.32 Å². The molecule has 0 bridgehead atoms. The minimum atomic E-state index is -3.38. The van der Waals surface area contributed by atoms with Crippen molar-refractivity contribution in [1.82, 2.24) is 9.55 Å². The molecule has 2 heterocycles. The Bertz CT molecular complexity index is 939. The highest BCUT2D eigenvalue weighted by molar-refractivity contribution is 7.57. The maximum Gasteiger partial charge on any atom is 0.353 e. The predicted molar refractivity (Wildman–Crippen MR) is 117 cm³/mol. The molecule has 9 nitrogen and oxygen atoms in total. The van der Waals surface area contributed by atoms with Gasteiger partial charge in [0.25, 0.3) is 5.56 Å². The lowest BCUT2D eigenvalue weighted by Crippen LogP contribution is -2.45. The van der Waals surface area contributed by atoms with Gasteiger partial charge in [0, 0.05) is 38.2 Å². The summed E-state index contributed by atoms with van der Waals surface area (Å²) in [6, 6.07) is 0. The maximum absolute atomic E-state index is 12.4. The standard InChI is InChI=1S/C19H33N2O7PSi/c1-13-12-21(18(23)20-17(13)22)16-11-15(28-30(7,8)19(2,3)4)14(27-16)9-10-29(24,25-5)26-6/h9-10,12,14-16H,11H2,1-8H3,(H,20,22,23)/b10-9+/t14-,15?,16-/m1/s1. The van der Waals surface area contributed by atoms with Crippen molar-refractivity contribution in [2.45, 2.75) is 70.7 Å². The van der Waals surface area contributed by atoms with Gasteiger partial charge in [0.05, 0.1) is 6.10 Å². The molecule has 1 aromatic heterocycles. The van der Waals surface area contributed by atoms with E-state index in [0.717, 1.165) is 0 Å². The van der Waals surface area contributed by atoms with Crippen LogP contribution < -0.4 is 11.2 Å². The lowest BCUT2D eigenvalue weighted by atomic mass is 10.2. The van der Waals surface area contributed by atoms with Crippen molar-refractivity contribution < 1.29 is 22.8 Å². The lowest BCUT2D eigenvalue weighted by molar-refractivity contribution is 0.00634.